The molecule has 1 aromatic rings. The number of methoxy groups -OCH3 is 2. The van der Waals surface area contributed by atoms with E-state index in [1.54, 1.807) is 27.3 Å². The van der Waals surface area contributed by atoms with Crippen molar-refractivity contribution in [3.8, 4) is 11.5 Å². The minimum absolute atomic E-state index is 0.0422. The fraction of sp³-hybridized carbons (Fsp3) is 0.524. The normalized spacial score (nSPS) is 22.3. The monoisotopic (exact) mass is 417 g/mol. The Kier molecular flexibility index (Phi) is 5.83. The number of rotatable bonds is 6. The largest absolute Gasteiger partial charge is 0.493 e. The molecule has 1 aromatic carbocycles. The Labute approximate surface area is 176 Å². The zero-order valence-electron chi connectivity index (χ0n) is 17.7. The van der Waals surface area contributed by atoms with E-state index in [0.717, 1.165) is 38.5 Å². The van der Waals surface area contributed by atoms with E-state index in [-0.39, 0.29) is 11.9 Å². The summed E-state index contributed by atoms with van der Waals surface area (Å²) in [6, 6.07) is 4.66. The zero-order chi connectivity index (χ0) is 21.3. The van der Waals surface area contributed by atoms with Crippen LogP contribution in [0.4, 0.5) is 4.79 Å². The summed E-state index contributed by atoms with van der Waals surface area (Å²) < 4.78 is 16.4. The van der Waals surface area contributed by atoms with Crippen LogP contribution in [-0.2, 0) is 9.53 Å². The molecule has 1 fully saturated rings. The van der Waals surface area contributed by atoms with Crippen LogP contribution in [0.15, 0.2) is 29.5 Å². The van der Waals surface area contributed by atoms with Gasteiger partial charge in [0, 0.05) is 12.6 Å². The first-order valence-corrected chi connectivity index (χ1v) is 10.2. The van der Waals surface area contributed by atoms with Crippen LogP contribution in [0.3, 0.4) is 0 Å². The van der Waals surface area contributed by atoms with Crippen LogP contribution in [0.25, 0.3) is 0 Å². The third kappa shape index (κ3) is 3.59. The standard InChI is InChI=1S/C21H28N4O5/c1-23-15-13-25(8-7-24-9-11-30-12-10-24)20(26)17(15)18(22-21(23)27)14-5-4-6-16(28-2)19(14)29-3/h4-6,18H,7-13H2,1-3H3,(H,22,27)/p+1/t18-/m1/s1. The van der Waals surface area contributed by atoms with Crippen molar-refractivity contribution >= 4 is 11.9 Å². The molecule has 1 saturated heterocycles. The fourth-order valence-electron chi connectivity index (χ4n) is 4.38. The summed E-state index contributed by atoms with van der Waals surface area (Å²) >= 11 is 0. The van der Waals surface area contributed by atoms with Crippen molar-refractivity contribution in [2.45, 2.75) is 6.04 Å². The van der Waals surface area contributed by atoms with Crippen molar-refractivity contribution in [3.05, 3.63) is 35.0 Å². The molecule has 0 bridgehead atoms. The van der Waals surface area contributed by atoms with Gasteiger partial charge >= 0.3 is 6.03 Å². The smallest absolute Gasteiger partial charge is 0.322 e. The van der Waals surface area contributed by atoms with Crippen molar-refractivity contribution in [1.82, 2.24) is 15.1 Å². The van der Waals surface area contributed by atoms with E-state index in [1.165, 1.54) is 9.80 Å². The van der Waals surface area contributed by atoms with Crippen LogP contribution < -0.4 is 19.7 Å². The van der Waals surface area contributed by atoms with Crippen LogP contribution in [0, 0.1) is 0 Å². The van der Waals surface area contributed by atoms with Gasteiger partial charge in [0.15, 0.2) is 11.5 Å². The van der Waals surface area contributed by atoms with Crippen LogP contribution in [0.2, 0.25) is 0 Å². The van der Waals surface area contributed by atoms with E-state index in [0.29, 0.717) is 35.7 Å². The Morgan fingerprint density at radius 1 is 1.20 bits per heavy atom. The Balaban J connectivity index is 1.61. The zero-order valence-corrected chi connectivity index (χ0v) is 17.7. The summed E-state index contributed by atoms with van der Waals surface area (Å²) in [7, 11) is 4.82. The molecule has 0 radical (unpaired) electrons. The van der Waals surface area contributed by atoms with Gasteiger partial charge in [-0.1, -0.05) is 12.1 Å². The first kappa shape index (κ1) is 20.5. The number of ether oxygens (including phenoxy) is 3. The molecule has 9 nitrogen and oxygen atoms in total. The number of morpholine rings is 1. The summed E-state index contributed by atoms with van der Waals surface area (Å²) in [6.07, 6.45) is 0. The maximum absolute atomic E-state index is 13.4. The molecule has 30 heavy (non-hydrogen) atoms. The molecule has 2 N–H and O–H groups in total. The average molecular weight is 417 g/mol. The summed E-state index contributed by atoms with van der Waals surface area (Å²) in [5.41, 5.74) is 2.05. The molecular formula is C21H29N4O5+. The molecule has 3 aliphatic rings. The Hall–Kier alpha value is -2.78. The molecule has 0 unspecified atom stereocenters. The number of carbonyl (C=O) groups excluding carboxylic acids is 2. The highest BCUT2D eigenvalue weighted by atomic mass is 16.5. The number of hydrogen-bond donors (Lipinski definition) is 2. The van der Waals surface area contributed by atoms with Gasteiger partial charge in [-0.25, -0.2) is 4.79 Å². The van der Waals surface area contributed by atoms with Crippen LogP contribution in [0.1, 0.15) is 11.6 Å². The molecule has 1 atom stereocenters. The number of nitrogens with one attached hydrogen (secondary N) is 2. The van der Waals surface area contributed by atoms with E-state index < -0.39 is 6.04 Å². The van der Waals surface area contributed by atoms with Crippen molar-refractivity contribution in [3.63, 3.8) is 0 Å². The van der Waals surface area contributed by atoms with Crippen LogP contribution in [-0.4, -0.2) is 88.9 Å². The molecule has 9 heteroatoms. The van der Waals surface area contributed by atoms with E-state index in [4.69, 9.17) is 14.2 Å². The van der Waals surface area contributed by atoms with Gasteiger partial charge in [0.25, 0.3) is 5.91 Å². The van der Waals surface area contributed by atoms with Crippen molar-refractivity contribution in [2.24, 2.45) is 0 Å². The van der Waals surface area contributed by atoms with E-state index >= 15 is 0 Å². The number of likely N-dealkylation sites (N-methyl/N-ethyl adjacent to an activating group) is 1. The van der Waals surface area contributed by atoms with Gasteiger partial charge in [-0.2, -0.15) is 0 Å². The maximum atomic E-state index is 13.4. The van der Waals surface area contributed by atoms with Crippen LogP contribution >= 0.6 is 0 Å². The topological polar surface area (TPSA) is 84.8 Å². The third-order valence-electron chi connectivity index (χ3n) is 6.11. The second kappa shape index (κ2) is 8.53. The van der Waals surface area contributed by atoms with Gasteiger partial charge in [0.05, 0.1) is 64.4 Å². The fourth-order valence-corrected chi connectivity index (χ4v) is 4.38. The number of hydrogen-bond acceptors (Lipinski definition) is 5. The molecule has 3 aliphatic heterocycles. The second-order valence-corrected chi connectivity index (χ2v) is 7.72. The molecule has 0 saturated carbocycles. The summed E-state index contributed by atoms with van der Waals surface area (Å²) in [4.78, 5) is 30.9. The number of quaternary nitrogens is 1. The molecule has 0 aromatic heterocycles. The third-order valence-corrected chi connectivity index (χ3v) is 6.11. The van der Waals surface area contributed by atoms with E-state index in [1.807, 2.05) is 17.0 Å². The number of amides is 3. The van der Waals surface area contributed by atoms with Crippen LogP contribution in [0.5, 0.6) is 11.5 Å². The van der Waals surface area contributed by atoms with E-state index in [2.05, 4.69) is 5.32 Å². The van der Waals surface area contributed by atoms with Crippen molar-refractivity contribution < 1.29 is 28.7 Å². The molecule has 4 rings (SSSR count). The van der Waals surface area contributed by atoms with Gasteiger partial charge in [0.1, 0.15) is 13.1 Å². The maximum Gasteiger partial charge on any atom is 0.322 e. The minimum atomic E-state index is -0.581. The number of benzene rings is 1. The number of carbonyl (C=O) groups is 2. The average Bonchev–Trinajstić information content (AvgIpc) is 3.11. The summed E-state index contributed by atoms with van der Waals surface area (Å²) in [5, 5.41) is 2.96. The highest BCUT2D eigenvalue weighted by molar-refractivity contribution is 6.01. The predicted octanol–water partition coefficient (Wildman–Crippen LogP) is -0.589. The molecule has 3 amide bonds. The molecule has 0 aliphatic carbocycles. The highest BCUT2D eigenvalue weighted by Gasteiger charge is 2.44. The second-order valence-electron chi connectivity index (χ2n) is 7.72. The lowest BCUT2D eigenvalue weighted by Crippen LogP contribution is -3.14. The van der Waals surface area contributed by atoms with Gasteiger partial charge in [-0.05, 0) is 6.07 Å². The lowest BCUT2D eigenvalue weighted by atomic mass is 9.94. The summed E-state index contributed by atoms with van der Waals surface area (Å²) in [5.74, 6) is 1.04. The Morgan fingerprint density at radius 3 is 2.67 bits per heavy atom. The lowest BCUT2D eigenvalue weighted by Gasteiger charge is -2.31. The Bertz CT molecular complexity index is 865. The molecule has 0 spiro atoms. The van der Waals surface area contributed by atoms with Crippen molar-refractivity contribution in [1.29, 1.82) is 0 Å². The minimum Gasteiger partial charge on any atom is -0.493 e. The lowest BCUT2D eigenvalue weighted by molar-refractivity contribution is -0.907. The highest BCUT2D eigenvalue weighted by Crippen LogP contribution is 2.42. The predicted molar refractivity (Wildman–Crippen MR) is 109 cm³/mol. The number of para-hydroxylation sites is 1. The summed E-state index contributed by atoms with van der Waals surface area (Å²) in [6.45, 7) is 5.38. The van der Waals surface area contributed by atoms with Gasteiger partial charge in [0.2, 0.25) is 0 Å². The first-order chi connectivity index (χ1) is 14.5. The SMILES string of the molecule is COc1cccc([C@H]2NC(=O)N(C)C3=C2C(=O)N(CC[NH+]2CCOCC2)C3)c1OC. The van der Waals surface area contributed by atoms with Gasteiger partial charge in [-0.3, -0.25) is 9.69 Å². The quantitative estimate of drug-likeness (QED) is 0.647. The first-order valence-electron chi connectivity index (χ1n) is 10.2. The number of nitrogens with zero attached hydrogens (tertiary/aromatic N) is 2. The molecule has 3 heterocycles. The van der Waals surface area contributed by atoms with Gasteiger partial charge < -0.3 is 29.3 Å². The number of urea groups is 1. The van der Waals surface area contributed by atoms with Crippen molar-refractivity contribution in [2.75, 3.05) is 67.2 Å². The molecular weight excluding hydrogens is 388 g/mol. The Morgan fingerprint density at radius 2 is 1.97 bits per heavy atom. The van der Waals surface area contributed by atoms with E-state index in [9.17, 15) is 9.59 Å². The molecule has 162 valence electrons. The van der Waals surface area contributed by atoms with Gasteiger partial charge in [-0.15, -0.1) is 0 Å².